The number of halogens is 1. The molecular weight excluding hydrogens is 236 g/mol. The molecule has 0 heterocycles. The van der Waals surface area contributed by atoms with Crippen LogP contribution >= 0.6 is 11.6 Å². The number of carbonyl (C=O) groups is 1. The van der Waals surface area contributed by atoms with E-state index in [0.29, 0.717) is 10.6 Å². The molecule has 1 atom stereocenters. The van der Waals surface area contributed by atoms with E-state index < -0.39 is 6.04 Å². The highest BCUT2D eigenvalue weighted by Gasteiger charge is 2.17. The molecule has 4 heteroatoms. The number of nitrogens with one attached hydrogen (secondary N) is 1. The van der Waals surface area contributed by atoms with Gasteiger partial charge >= 0.3 is 0 Å². The fourth-order valence-electron chi connectivity index (χ4n) is 1.41. The minimum Gasteiger partial charge on any atom is -0.336 e. The van der Waals surface area contributed by atoms with E-state index >= 15 is 0 Å². The van der Waals surface area contributed by atoms with Crippen LogP contribution in [0.15, 0.2) is 18.2 Å². The van der Waals surface area contributed by atoms with Crippen molar-refractivity contribution < 1.29 is 4.79 Å². The van der Waals surface area contributed by atoms with Gasteiger partial charge in [-0.05, 0) is 30.5 Å². The molecule has 1 rings (SSSR count). The van der Waals surface area contributed by atoms with E-state index in [1.54, 1.807) is 18.2 Å². The Kier molecular flexibility index (Phi) is 4.53. The van der Waals surface area contributed by atoms with E-state index in [1.165, 1.54) is 0 Å². The highest BCUT2D eigenvalue weighted by molar-refractivity contribution is 6.31. The molecule has 1 aromatic carbocycles. The lowest BCUT2D eigenvalue weighted by Crippen LogP contribution is -2.37. The van der Waals surface area contributed by atoms with Crippen LogP contribution in [0.4, 0.5) is 0 Å². The first-order valence-electron chi connectivity index (χ1n) is 5.42. The monoisotopic (exact) mass is 250 g/mol. The number of amides is 1. The van der Waals surface area contributed by atoms with Crippen LogP contribution in [0.2, 0.25) is 5.02 Å². The molecule has 0 saturated heterocycles. The molecule has 0 fully saturated rings. The first-order chi connectivity index (χ1) is 7.95. The van der Waals surface area contributed by atoms with E-state index in [-0.39, 0.29) is 11.8 Å². The highest BCUT2D eigenvalue weighted by Crippen LogP contribution is 2.15. The molecule has 0 bridgehead atoms. The van der Waals surface area contributed by atoms with Crippen molar-refractivity contribution in [2.24, 2.45) is 5.92 Å². The van der Waals surface area contributed by atoms with Gasteiger partial charge in [0.05, 0.1) is 6.07 Å². The zero-order chi connectivity index (χ0) is 13.0. The standard InChI is InChI=1S/C13H15ClN2O/c1-8(2)12(7-15)16-13(17)11-6-10(14)5-4-9(11)3/h4-6,8,12H,1-3H3,(H,16,17). The summed E-state index contributed by atoms with van der Waals surface area (Å²) in [4.78, 5) is 12.0. The van der Waals surface area contributed by atoms with E-state index in [0.717, 1.165) is 5.56 Å². The van der Waals surface area contributed by atoms with Gasteiger partial charge in [0.2, 0.25) is 0 Å². The Morgan fingerprint density at radius 2 is 2.12 bits per heavy atom. The average molecular weight is 251 g/mol. The van der Waals surface area contributed by atoms with E-state index in [4.69, 9.17) is 16.9 Å². The summed E-state index contributed by atoms with van der Waals surface area (Å²) in [5.74, 6) is -0.186. The van der Waals surface area contributed by atoms with Gasteiger partial charge < -0.3 is 5.32 Å². The third-order valence-corrected chi connectivity index (χ3v) is 2.77. The molecule has 0 saturated carbocycles. The highest BCUT2D eigenvalue weighted by atomic mass is 35.5. The lowest BCUT2D eigenvalue weighted by molar-refractivity contribution is 0.0937. The molecule has 1 aromatic rings. The van der Waals surface area contributed by atoms with Crippen LogP contribution in [0.3, 0.4) is 0 Å². The van der Waals surface area contributed by atoms with Crippen LogP contribution in [-0.4, -0.2) is 11.9 Å². The van der Waals surface area contributed by atoms with Crippen LogP contribution < -0.4 is 5.32 Å². The van der Waals surface area contributed by atoms with Crippen molar-refractivity contribution in [2.75, 3.05) is 0 Å². The molecule has 0 aliphatic heterocycles. The summed E-state index contributed by atoms with van der Waals surface area (Å²) in [7, 11) is 0. The maximum Gasteiger partial charge on any atom is 0.252 e. The van der Waals surface area contributed by atoms with Crippen molar-refractivity contribution in [1.29, 1.82) is 5.26 Å². The molecule has 0 spiro atoms. The number of hydrogen-bond acceptors (Lipinski definition) is 2. The van der Waals surface area contributed by atoms with Crippen molar-refractivity contribution in [3.8, 4) is 6.07 Å². The van der Waals surface area contributed by atoms with Crippen LogP contribution in [0.5, 0.6) is 0 Å². The summed E-state index contributed by atoms with van der Waals surface area (Å²) >= 11 is 5.85. The number of carbonyl (C=O) groups excluding carboxylic acids is 1. The topological polar surface area (TPSA) is 52.9 Å². The van der Waals surface area contributed by atoms with Gasteiger partial charge in [0.15, 0.2) is 0 Å². The zero-order valence-corrected chi connectivity index (χ0v) is 10.9. The molecule has 0 aromatic heterocycles. The number of nitrogens with zero attached hydrogens (tertiary/aromatic N) is 1. The molecule has 0 aliphatic rings. The summed E-state index contributed by atoms with van der Waals surface area (Å²) in [5.41, 5.74) is 1.35. The third kappa shape index (κ3) is 3.47. The molecule has 1 unspecified atom stereocenters. The van der Waals surface area contributed by atoms with Crippen LogP contribution in [0.1, 0.15) is 29.8 Å². The SMILES string of the molecule is Cc1ccc(Cl)cc1C(=O)NC(C#N)C(C)C. The van der Waals surface area contributed by atoms with Gasteiger partial charge in [-0.2, -0.15) is 5.26 Å². The zero-order valence-electron chi connectivity index (χ0n) is 10.1. The normalized spacial score (nSPS) is 12.0. The lowest BCUT2D eigenvalue weighted by atomic mass is 10.0. The van der Waals surface area contributed by atoms with Crippen molar-refractivity contribution >= 4 is 17.5 Å². The van der Waals surface area contributed by atoms with E-state index in [9.17, 15) is 4.79 Å². The smallest absolute Gasteiger partial charge is 0.252 e. The third-order valence-electron chi connectivity index (χ3n) is 2.54. The summed E-state index contributed by atoms with van der Waals surface area (Å²) in [6.45, 7) is 5.61. The van der Waals surface area contributed by atoms with Crippen LogP contribution in [0, 0.1) is 24.2 Å². The average Bonchev–Trinajstić information content (AvgIpc) is 2.28. The summed E-state index contributed by atoms with van der Waals surface area (Å²) in [6, 6.07) is 6.72. The number of nitriles is 1. The van der Waals surface area contributed by atoms with Gasteiger partial charge in [-0.25, -0.2) is 0 Å². The molecular formula is C13H15ClN2O. The summed E-state index contributed by atoms with van der Waals surface area (Å²) in [6.07, 6.45) is 0. The fourth-order valence-corrected chi connectivity index (χ4v) is 1.58. The second-order valence-electron chi connectivity index (χ2n) is 4.28. The van der Waals surface area contributed by atoms with Gasteiger partial charge in [-0.1, -0.05) is 31.5 Å². The quantitative estimate of drug-likeness (QED) is 0.897. The Bertz CT molecular complexity index is 463. The second kappa shape index (κ2) is 5.70. The Balaban J connectivity index is 2.90. The maximum absolute atomic E-state index is 12.0. The largest absolute Gasteiger partial charge is 0.336 e. The molecule has 1 amide bonds. The Morgan fingerprint density at radius 3 is 2.65 bits per heavy atom. The molecule has 17 heavy (non-hydrogen) atoms. The number of rotatable bonds is 3. The summed E-state index contributed by atoms with van der Waals surface area (Å²) < 4.78 is 0. The van der Waals surface area contributed by atoms with Gasteiger partial charge in [-0.3, -0.25) is 4.79 Å². The number of aryl methyl sites for hydroxylation is 1. The van der Waals surface area contributed by atoms with E-state index in [2.05, 4.69) is 11.4 Å². The van der Waals surface area contributed by atoms with E-state index in [1.807, 2.05) is 20.8 Å². The van der Waals surface area contributed by atoms with Crippen LogP contribution in [-0.2, 0) is 0 Å². The predicted octanol–water partition coefficient (Wildman–Crippen LogP) is 2.93. The van der Waals surface area contributed by atoms with Crippen LogP contribution in [0.25, 0.3) is 0 Å². The van der Waals surface area contributed by atoms with Gasteiger partial charge in [0.25, 0.3) is 5.91 Å². The number of hydrogen-bond donors (Lipinski definition) is 1. The molecule has 0 radical (unpaired) electrons. The fraction of sp³-hybridized carbons (Fsp3) is 0.385. The Labute approximate surface area is 106 Å². The van der Waals surface area contributed by atoms with Crippen molar-refractivity contribution in [2.45, 2.75) is 26.8 Å². The number of benzene rings is 1. The van der Waals surface area contributed by atoms with Gasteiger partial charge in [0.1, 0.15) is 6.04 Å². The Hall–Kier alpha value is -1.53. The lowest BCUT2D eigenvalue weighted by Gasteiger charge is -2.15. The van der Waals surface area contributed by atoms with Crippen molar-refractivity contribution in [3.63, 3.8) is 0 Å². The molecule has 90 valence electrons. The first-order valence-corrected chi connectivity index (χ1v) is 5.80. The predicted molar refractivity (Wildman–Crippen MR) is 67.9 cm³/mol. The van der Waals surface area contributed by atoms with Gasteiger partial charge in [0, 0.05) is 10.6 Å². The van der Waals surface area contributed by atoms with Gasteiger partial charge in [-0.15, -0.1) is 0 Å². The van der Waals surface area contributed by atoms with Crippen molar-refractivity contribution in [3.05, 3.63) is 34.3 Å². The van der Waals surface area contributed by atoms with Crippen molar-refractivity contribution in [1.82, 2.24) is 5.32 Å². The maximum atomic E-state index is 12.0. The summed E-state index contributed by atoms with van der Waals surface area (Å²) in [5, 5.41) is 12.1. The Morgan fingerprint density at radius 1 is 1.47 bits per heavy atom. The molecule has 3 nitrogen and oxygen atoms in total. The minimum absolute atomic E-state index is 0.0726. The first kappa shape index (κ1) is 13.5. The molecule has 0 aliphatic carbocycles. The molecule has 1 N–H and O–H groups in total. The minimum atomic E-state index is -0.485. The second-order valence-corrected chi connectivity index (χ2v) is 4.72.